The fourth-order valence-electron chi connectivity index (χ4n) is 2.31. The average Bonchev–Trinajstić information content (AvgIpc) is 2.78. The van der Waals surface area contributed by atoms with Crippen LogP contribution in [0.3, 0.4) is 0 Å². The van der Waals surface area contributed by atoms with Crippen molar-refractivity contribution in [3.05, 3.63) is 0 Å². The molecule has 1 fully saturated rings. The molecule has 1 atom stereocenters. The molecule has 18 heavy (non-hydrogen) atoms. The number of nitrogens with zero attached hydrogens (tertiary/aromatic N) is 1. The Kier molecular flexibility index (Phi) is 6.05. The van der Waals surface area contributed by atoms with E-state index in [-0.39, 0.29) is 0 Å². The van der Waals surface area contributed by atoms with E-state index in [1.165, 1.54) is 12.8 Å². The Morgan fingerprint density at radius 2 is 2.28 bits per heavy atom. The zero-order valence-corrected chi connectivity index (χ0v) is 11.7. The molecular weight excluding hydrogens is 232 g/mol. The zero-order chi connectivity index (χ0) is 13.6. The van der Waals surface area contributed by atoms with Crippen LogP contribution < -0.4 is 5.32 Å². The van der Waals surface area contributed by atoms with Crippen molar-refractivity contribution in [3.8, 4) is 0 Å². The summed E-state index contributed by atoms with van der Waals surface area (Å²) in [5.74, 6) is -0.746. The van der Waals surface area contributed by atoms with Gasteiger partial charge in [-0.2, -0.15) is 0 Å². The first-order valence-electron chi connectivity index (χ1n) is 6.64. The Bertz CT molecular complexity index is 263. The lowest BCUT2D eigenvalue weighted by atomic mass is 9.93. The van der Waals surface area contributed by atoms with E-state index >= 15 is 0 Å². The van der Waals surface area contributed by atoms with Crippen LogP contribution in [-0.2, 0) is 9.53 Å². The van der Waals surface area contributed by atoms with Crippen LogP contribution in [-0.4, -0.2) is 61.9 Å². The van der Waals surface area contributed by atoms with Crippen molar-refractivity contribution < 1.29 is 14.6 Å². The monoisotopic (exact) mass is 258 g/mol. The highest BCUT2D eigenvalue weighted by atomic mass is 16.5. The lowest BCUT2D eigenvalue weighted by Crippen LogP contribution is -2.45. The summed E-state index contributed by atoms with van der Waals surface area (Å²) < 4.78 is 5.10. The summed E-state index contributed by atoms with van der Waals surface area (Å²) in [5.41, 5.74) is -0.716. The molecule has 0 spiro atoms. The van der Waals surface area contributed by atoms with Crippen LogP contribution in [0.15, 0.2) is 0 Å². The summed E-state index contributed by atoms with van der Waals surface area (Å²) in [6.07, 6.45) is 2.39. The number of aliphatic carboxylic acids is 1. The molecule has 0 amide bonds. The fraction of sp³-hybridized carbons (Fsp3) is 0.923. The minimum absolute atomic E-state index is 0.492. The van der Waals surface area contributed by atoms with E-state index in [4.69, 9.17) is 4.74 Å². The van der Waals surface area contributed by atoms with Gasteiger partial charge >= 0.3 is 5.97 Å². The summed E-state index contributed by atoms with van der Waals surface area (Å²) in [5, 5.41) is 12.7. The van der Waals surface area contributed by atoms with Gasteiger partial charge in [-0.05, 0) is 33.2 Å². The van der Waals surface area contributed by atoms with E-state index < -0.39 is 11.4 Å². The van der Waals surface area contributed by atoms with E-state index in [2.05, 4.69) is 10.2 Å². The molecule has 0 radical (unpaired) electrons. The quantitative estimate of drug-likeness (QED) is 0.674. The smallest absolute Gasteiger partial charge is 0.310 e. The maximum Gasteiger partial charge on any atom is 0.310 e. The summed E-state index contributed by atoms with van der Waals surface area (Å²) in [6.45, 7) is 7.51. The molecule has 5 heteroatoms. The maximum absolute atomic E-state index is 11.2. The second-order valence-electron chi connectivity index (χ2n) is 5.71. The minimum Gasteiger partial charge on any atom is -0.481 e. The lowest BCUT2D eigenvalue weighted by molar-refractivity contribution is -0.148. The highest BCUT2D eigenvalue weighted by Crippen LogP contribution is 2.18. The summed E-state index contributed by atoms with van der Waals surface area (Å²) in [4.78, 5) is 13.4. The number of hydrogen-bond donors (Lipinski definition) is 2. The molecule has 1 rings (SSSR count). The third-order valence-electron chi connectivity index (χ3n) is 3.45. The van der Waals surface area contributed by atoms with Gasteiger partial charge in [-0.25, -0.2) is 0 Å². The number of rotatable bonds is 8. The maximum atomic E-state index is 11.2. The van der Waals surface area contributed by atoms with Crippen molar-refractivity contribution in [3.63, 3.8) is 0 Å². The van der Waals surface area contributed by atoms with E-state index in [0.717, 1.165) is 19.6 Å². The molecule has 0 aromatic rings. The number of nitrogens with one attached hydrogen (secondary N) is 1. The third kappa shape index (κ3) is 4.92. The lowest BCUT2D eigenvalue weighted by Gasteiger charge is -2.31. The molecule has 0 aliphatic carbocycles. The van der Waals surface area contributed by atoms with Crippen molar-refractivity contribution in [2.24, 2.45) is 5.41 Å². The first-order valence-corrected chi connectivity index (χ1v) is 6.64. The average molecular weight is 258 g/mol. The standard InChI is InChI=1S/C13H26N2O3/c1-13(2,12(16)17)10-15(7-8-18-3)9-11-5-4-6-14-11/h11,14H,4-10H2,1-3H3,(H,16,17). The topological polar surface area (TPSA) is 61.8 Å². The van der Waals surface area contributed by atoms with E-state index in [9.17, 15) is 9.90 Å². The molecular formula is C13H26N2O3. The molecule has 0 saturated carbocycles. The number of carboxylic acids is 1. The van der Waals surface area contributed by atoms with Crippen LogP contribution in [0.2, 0.25) is 0 Å². The zero-order valence-electron chi connectivity index (χ0n) is 11.7. The Labute approximate surface area is 109 Å². The Morgan fingerprint density at radius 1 is 1.56 bits per heavy atom. The fourth-order valence-corrected chi connectivity index (χ4v) is 2.31. The van der Waals surface area contributed by atoms with Crippen molar-refractivity contribution in [1.82, 2.24) is 10.2 Å². The molecule has 0 aromatic heterocycles. The molecule has 106 valence electrons. The third-order valence-corrected chi connectivity index (χ3v) is 3.45. The second kappa shape index (κ2) is 7.07. The van der Waals surface area contributed by atoms with Crippen LogP contribution in [0, 0.1) is 5.41 Å². The van der Waals surface area contributed by atoms with Gasteiger partial charge in [-0.1, -0.05) is 0 Å². The summed E-state index contributed by atoms with van der Waals surface area (Å²) >= 11 is 0. The number of ether oxygens (including phenoxy) is 1. The van der Waals surface area contributed by atoms with Crippen molar-refractivity contribution in [2.75, 3.05) is 39.9 Å². The number of carboxylic acid groups (broad SMARTS) is 1. The Balaban J connectivity index is 2.50. The molecule has 0 bridgehead atoms. The van der Waals surface area contributed by atoms with Crippen LogP contribution in [0.1, 0.15) is 26.7 Å². The largest absolute Gasteiger partial charge is 0.481 e. The highest BCUT2D eigenvalue weighted by molar-refractivity contribution is 5.73. The second-order valence-corrected chi connectivity index (χ2v) is 5.71. The Morgan fingerprint density at radius 3 is 2.78 bits per heavy atom. The predicted molar refractivity (Wildman–Crippen MR) is 70.8 cm³/mol. The van der Waals surface area contributed by atoms with Gasteiger partial charge in [0.05, 0.1) is 12.0 Å². The first kappa shape index (κ1) is 15.4. The van der Waals surface area contributed by atoms with E-state index in [1.54, 1.807) is 21.0 Å². The van der Waals surface area contributed by atoms with Gasteiger partial charge in [0.1, 0.15) is 0 Å². The van der Waals surface area contributed by atoms with E-state index in [1.807, 2.05) is 0 Å². The molecule has 5 nitrogen and oxygen atoms in total. The van der Waals surface area contributed by atoms with Crippen LogP contribution in [0.25, 0.3) is 0 Å². The number of methoxy groups -OCH3 is 1. The van der Waals surface area contributed by atoms with Gasteiger partial charge in [0.15, 0.2) is 0 Å². The van der Waals surface area contributed by atoms with Gasteiger partial charge in [-0.15, -0.1) is 0 Å². The highest BCUT2D eigenvalue weighted by Gasteiger charge is 2.30. The van der Waals surface area contributed by atoms with Crippen LogP contribution >= 0.6 is 0 Å². The van der Waals surface area contributed by atoms with Crippen molar-refractivity contribution >= 4 is 5.97 Å². The molecule has 1 saturated heterocycles. The van der Waals surface area contributed by atoms with Crippen LogP contribution in [0.5, 0.6) is 0 Å². The molecule has 1 aliphatic rings. The first-order chi connectivity index (χ1) is 8.45. The van der Waals surface area contributed by atoms with Gasteiger partial charge in [0, 0.05) is 32.8 Å². The van der Waals surface area contributed by atoms with Crippen molar-refractivity contribution in [2.45, 2.75) is 32.7 Å². The van der Waals surface area contributed by atoms with Gasteiger partial charge in [0.25, 0.3) is 0 Å². The van der Waals surface area contributed by atoms with E-state index in [0.29, 0.717) is 19.2 Å². The summed E-state index contributed by atoms with van der Waals surface area (Å²) in [7, 11) is 1.67. The Hall–Kier alpha value is -0.650. The normalized spacial score (nSPS) is 20.6. The summed E-state index contributed by atoms with van der Waals surface area (Å²) in [6, 6.07) is 0.492. The van der Waals surface area contributed by atoms with Crippen molar-refractivity contribution in [1.29, 1.82) is 0 Å². The van der Waals surface area contributed by atoms with Gasteiger partial charge in [-0.3, -0.25) is 9.69 Å². The SMILES string of the molecule is COCCN(CC1CCCN1)CC(C)(C)C(=O)O. The van der Waals surface area contributed by atoms with Crippen LogP contribution in [0.4, 0.5) is 0 Å². The molecule has 1 heterocycles. The molecule has 1 unspecified atom stereocenters. The number of carbonyl (C=O) groups is 1. The van der Waals surface area contributed by atoms with Gasteiger partial charge in [0.2, 0.25) is 0 Å². The van der Waals surface area contributed by atoms with Gasteiger partial charge < -0.3 is 15.2 Å². The minimum atomic E-state index is -0.746. The molecule has 2 N–H and O–H groups in total. The molecule has 0 aromatic carbocycles. The number of hydrogen-bond acceptors (Lipinski definition) is 4. The molecule has 1 aliphatic heterocycles. The predicted octanol–water partition coefficient (Wildman–Crippen LogP) is 0.798.